The standard InChI is InChI=1S/C25H27N5O3/c1-32-22-11-8-19(17-23(22)33-2)21-5-3-15-30(29-21)16-12-18-6-9-20(10-7-18)28-25(31)24-26-13-4-14-27-24/h4,6-11,13-14,17H,3,5,12,15-16H2,1-2H3,(H,28,31). The summed E-state index contributed by atoms with van der Waals surface area (Å²) in [6.45, 7) is 1.75. The molecule has 0 saturated heterocycles. The van der Waals surface area contributed by atoms with E-state index in [1.54, 1.807) is 32.7 Å². The summed E-state index contributed by atoms with van der Waals surface area (Å²) in [6, 6.07) is 15.4. The summed E-state index contributed by atoms with van der Waals surface area (Å²) in [6.07, 6.45) is 5.94. The SMILES string of the molecule is COc1ccc(C2=NN(CCc3ccc(NC(=O)c4ncccn4)cc3)CCC2)cc1OC. The van der Waals surface area contributed by atoms with E-state index in [-0.39, 0.29) is 11.7 Å². The maximum atomic E-state index is 12.2. The highest BCUT2D eigenvalue weighted by Crippen LogP contribution is 2.29. The van der Waals surface area contributed by atoms with Crippen LogP contribution in [0.1, 0.15) is 34.6 Å². The summed E-state index contributed by atoms with van der Waals surface area (Å²) in [4.78, 5) is 20.1. The Balaban J connectivity index is 1.35. The summed E-state index contributed by atoms with van der Waals surface area (Å²) in [5, 5.41) is 9.81. The molecule has 0 radical (unpaired) electrons. The largest absolute Gasteiger partial charge is 0.493 e. The van der Waals surface area contributed by atoms with Crippen molar-refractivity contribution in [1.29, 1.82) is 0 Å². The van der Waals surface area contributed by atoms with Gasteiger partial charge >= 0.3 is 0 Å². The van der Waals surface area contributed by atoms with Crippen molar-refractivity contribution in [2.75, 3.05) is 32.6 Å². The van der Waals surface area contributed by atoms with Crippen molar-refractivity contribution in [3.05, 3.63) is 77.9 Å². The van der Waals surface area contributed by atoms with Crippen LogP contribution in [0, 0.1) is 0 Å². The van der Waals surface area contributed by atoms with Gasteiger partial charge in [-0.05, 0) is 61.2 Å². The van der Waals surface area contributed by atoms with Crippen molar-refractivity contribution >= 4 is 17.3 Å². The number of anilines is 1. The quantitative estimate of drug-likeness (QED) is 0.568. The molecular formula is C25H27N5O3. The number of benzene rings is 2. The Morgan fingerprint density at radius 1 is 1.03 bits per heavy atom. The summed E-state index contributed by atoms with van der Waals surface area (Å²) in [7, 11) is 3.28. The predicted octanol–water partition coefficient (Wildman–Crippen LogP) is 3.79. The third-order valence-electron chi connectivity index (χ3n) is 5.45. The first-order valence-electron chi connectivity index (χ1n) is 10.9. The van der Waals surface area contributed by atoms with E-state index in [1.807, 2.05) is 42.5 Å². The van der Waals surface area contributed by atoms with Gasteiger partial charge in [-0.1, -0.05) is 12.1 Å². The minimum absolute atomic E-state index is 0.148. The lowest BCUT2D eigenvalue weighted by molar-refractivity contribution is 0.101. The Morgan fingerprint density at radius 3 is 2.52 bits per heavy atom. The topological polar surface area (TPSA) is 88.9 Å². The van der Waals surface area contributed by atoms with Gasteiger partial charge in [-0.3, -0.25) is 9.80 Å². The highest BCUT2D eigenvalue weighted by atomic mass is 16.5. The number of hydrogen-bond acceptors (Lipinski definition) is 7. The number of amides is 1. The molecule has 1 aliphatic heterocycles. The van der Waals surface area contributed by atoms with Gasteiger partial charge in [0.25, 0.3) is 5.91 Å². The van der Waals surface area contributed by atoms with E-state index in [1.165, 1.54) is 5.56 Å². The molecule has 0 bridgehead atoms. The van der Waals surface area contributed by atoms with Gasteiger partial charge in [0.1, 0.15) is 0 Å². The van der Waals surface area contributed by atoms with Gasteiger partial charge in [0.2, 0.25) is 5.82 Å². The number of carbonyl (C=O) groups is 1. The van der Waals surface area contributed by atoms with Crippen molar-refractivity contribution in [3.8, 4) is 11.5 Å². The Hall–Kier alpha value is -3.94. The molecule has 0 atom stereocenters. The van der Waals surface area contributed by atoms with Gasteiger partial charge in [0, 0.05) is 36.7 Å². The number of nitrogens with one attached hydrogen (secondary N) is 1. The Bertz CT molecular complexity index is 1120. The smallest absolute Gasteiger partial charge is 0.293 e. The molecular weight excluding hydrogens is 418 g/mol. The Morgan fingerprint density at radius 2 is 1.79 bits per heavy atom. The van der Waals surface area contributed by atoms with E-state index in [9.17, 15) is 4.79 Å². The second kappa shape index (κ2) is 10.6. The first kappa shape index (κ1) is 22.3. The van der Waals surface area contributed by atoms with Crippen molar-refractivity contribution in [1.82, 2.24) is 15.0 Å². The lowest BCUT2D eigenvalue weighted by Crippen LogP contribution is -2.28. The molecule has 33 heavy (non-hydrogen) atoms. The summed E-state index contributed by atoms with van der Waals surface area (Å²) >= 11 is 0. The van der Waals surface area contributed by atoms with Crippen LogP contribution in [-0.2, 0) is 6.42 Å². The third-order valence-corrected chi connectivity index (χ3v) is 5.45. The van der Waals surface area contributed by atoms with Crippen LogP contribution in [0.5, 0.6) is 11.5 Å². The number of carbonyl (C=O) groups excluding carboxylic acids is 1. The zero-order chi connectivity index (χ0) is 23.0. The normalized spacial score (nSPS) is 13.3. The molecule has 170 valence electrons. The lowest BCUT2D eigenvalue weighted by Gasteiger charge is -2.26. The minimum atomic E-state index is -0.325. The summed E-state index contributed by atoms with van der Waals surface area (Å²) in [5.41, 5.74) is 4.00. The monoisotopic (exact) mass is 445 g/mol. The second-order valence-electron chi connectivity index (χ2n) is 7.65. The molecule has 1 N–H and O–H groups in total. The maximum absolute atomic E-state index is 12.2. The van der Waals surface area contributed by atoms with Crippen LogP contribution < -0.4 is 14.8 Å². The van der Waals surface area contributed by atoms with Crippen molar-refractivity contribution < 1.29 is 14.3 Å². The van der Waals surface area contributed by atoms with E-state index >= 15 is 0 Å². The molecule has 0 fully saturated rings. The average Bonchev–Trinajstić information content (AvgIpc) is 2.88. The average molecular weight is 446 g/mol. The van der Waals surface area contributed by atoms with Crippen LogP contribution in [0.25, 0.3) is 0 Å². The number of aromatic nitrogens is 2. The van der Waals surface area contributed by atoms with Crippen LogP contribution in [0.2, 0.25) is 0 Å². The van der Waals surface area contributed by atoms with Gasteiger partial charge in [-0.25, -0.2) is 9.97 Å². The number of rotatable bonds is 8. The number of methoxy groups -OCH3 is 2. The molecule has 2 aromatic carbocycles. The van der Waals surface area contributed by atoms with Gasteiger partial charge < -0.3 is 14.8 Å². The number of ether oxygens (including phenoxy) is 2. The number of nitrogens with zero attached hydrogens (tertiary/aromatic N) is 4. The number of hydrazone groups is 1. The molecule has 3 aromatic rings. The molecule has 0 spiro atoms. The fraction of sp³-hybridized carbons (Fsp3) is 0.280. The molecule has 1 aromatic heterocycles. The van der Waals surface area contributed by atoms with Gasteiger partial charge in [-0.15, -0.1) is 0 Å². The van der Waals surface area contributed by atoms with Crippen molar-refractivity contribution in [2.24, 2.45) is 5.10 Å². The highest BCUT2D eigenvalue weighted by Gasteiger charge is 2.16. The van der Waals surface area contributed by atoms with Crippen LogP contribution >= 0.6 is 0 Å². The molecule has 8 nitrogen and oxygen atoms in total. The van der Waals surface area contributed by atoms with Gasteiger partial charge in [0.05, 0.1) is 19.9 Å². The molecule has 0 saturated carbocycles. The number of hydrogen-bond donors (Lipinski definition) is 1. The Kier molecular flexibility index (Phi) is 7.14. The zero-order valence-electron chi connectivity index (χ0n) is 18.8. The molecule has 4 rings (SSSR count). The van der Waals surface area contributed by atoms with Crippen LogP contribution in [0.15, 0.2) is 66.0 Å². The van der Waals surface area contributed by atoms with Gasteiger partial charge in [-0.2, -0.15) is 5.10 Å². The minimum Gasteiger partial charge on any atom is -0.493 e. The van der Waals surface area contributed by atoms with Crippen molar-refractivity contribution in [2.45, 2.75) is 19.3 Å². The van der Waals surface area contributed by atoms with E-state index in [0.717, 1.165) is 43.6 Å². The molecule has 1 amide bonds. The van der Waals surface area contributed by atoms with Crippen LogP contribution in [0.4, 0.5) is 5.69 Å². The summed E-state index contributed by atoms with van der Waals surface area (Å²) < 4.78 is 10.8. The van der Waals surface area contributed by atoms with Crippen LogP contribution in [0.3, 0.4) is 0 Å². The molecule has 8 heteroatoms. The molecule has 0 aliphatic carbocycles. The van der Waals surface area contributed by atoms with E-state index in [4.69, 9.17) is 14.6 Å². The maximum Gasteiger partial charge on any atom is 0.293 e. The fourth-order valence-electron chi connectivity index (χ4n) is 3.70. The molecule has 0 unspecified atom stereocenters. The summed E-state index contributed by atoms with van der Waals surface area (Å²) in [5.74, 6) is 1.25. The van der Waals surface area contributed by atoms with Crippen molar-refractivity contribution in [3.63, 3.8) is 0 Å². The lowest BCUT2D eigenvalue weighted by atomic mass is 10.0. The Labute approximate surface area is 193 Å². The highest BCUT2D eigenvalue weighted by molar-refractivity contribution is 6.01. The predicted molar refractivity (Wildman–Crippen MR) is 127 cm³/mol. The van der Waals surface area contributed by atoms with E-state index in [0.29, 0.717) is 17.2 Å². The third kappa shape index (κ3) is 5.65. The fourth-order valence-corrected chi connectivity index (χ4v) is 3.70. The first-order chi connectivity index (χ1) is 16.2. The zero-order valence-corrected chi connectivity index (χ0v) is 18.8. The first-order valence-corrected chi connectivity index (χ1v) is 10.9. The van der Waals surface area contributed by atoms with Crippen LogP contribution in [-0.4, -0.2) is 53.9 Å². The van der Waals surface area contributed by atoms with E-state index < -0.39 is 0 Å². The molecule has 1 aliphatic rings. The second-order valence-corrected chi connectivity index (χ2v) is 7.65. The van der Waals surface area contributed by atoms with Gasteiger partial charge in [0.15, 0.2) is 11.5 Å². The molecule has 2 heterocycles. The van der Waals surface area contributed by atoms with E-state index in [2.05, 4.69) is 20.3 Å².